The summed E-state index contributed by atoms with van der Waals surface area (Å²) in [4.78, 5) is 0.250. The summed E-state index contributed by atoms with van der Waals surface area (Å²) in [6.07, 6.45) is 0.478. The molecule has 2 aromatic rings. The Morgan fingerprint density at radius 1 is 1.29 bits per heavy atom. The lowest BCUT2D eigenvalue weighted by Gasteiger charge is -2.10. The SMILES string of the molecule is COc1ccc(S(=O)(=O)NCCc2cc(C)on2)c(C)c1. The number of methoxy groups -OCH3 is 1. The molecule has 0 bridgehead atoms. The van der Waals surface area contributed by atoms with Gasteiger partial charge in [-0.25, -0.2) is 13.1 Å². The molecule has 0 aliphatic rings. The molecule has 7 heteroatoms. The third kappa shape index (κ3) is 3.83. The van der Waals surface area contributed by atoms with E-state index < -0.39 is 10.0 Å². The molecule has 0 radical (unpaired) electrons. The predicted octanol–water partition coefficient (Wildman–Crippen LogP) is 1.82. The van der Waals surface area contributed by atoms with Crippen molar-refractivity contribution < 1.29 is 17.7 Å². The molecule has 0 saturated carbocycles. The van der Waals surface area contributed by atoms with E-state index in [2.05, 4.69) is 9.88 Å². The quantitative estimate of drug-likeness (QED) is 0.880. The lowest BCUT2D eigenvalue weighted by Crippen LogP contribution is -2.26. The second-order valence-electron chi connectivity index (χ2n) is 4.71. The first-order valence-corrected chi connectivity index (χ1v) is 7.97. The summed E-state index contributed by atoms with van der Waals surface area (Å²) in [5, 5.41) is 3.82. The average molecular weight is 310 g/mol. The zero-order chi connectivity index (χ0) is 15.5. The Labute approximate surface area is 124 Å². The summed E-state index contributed by atoms with van der Waals surface area (Å²) in [5.41, 5.74) is 1.36. The molecule has 0 saturated heterocycles. The maximum absolute atomic E-state index is 12.3. The van der Waals surface area contributed by atoms with Crippen LogP contribution in [0.1, 0.15) is 17.0 Å². The highest BCUT2D eigenvalue weighted by molar-refractivity contribution is 7.89. The van der Waals surface area contributed by atoms with E-state index in [0.29, 0.717) is 23.5 Å². The molecule has 1 N–H and O–H groups in total. The first-order valence-electron chi connectivity index (χ1n) is 6.49. The van der Waals surface area contributed by atoms with Crippen LogP contribution in [-0.4, -0.2) is 27.2 Å². The van der Waals surface area contributed by atoms with E-state index in [4.69, 9.17) is 9.26 Å². The van der Waals surface area contributed by atoms with Crippen molar-refractivity contribution in [2.24, 2.45) is 0 Å². The van der Waals surface area contributed by atoms with Crippen LogP contribution in [0.15, 0.2) is 33.7 Å². The van der Waals surface area contributed by atoms with Crippen LogP contribution in [0.2, 0.25) is 0 Å². The first kappa shape index (κ1) is 15.5. The van der Waals surface area contributed by atoms with Crippen LogP contribution in [0, 0.1) is 13.8 Å². The molecule has 0 amide bonds. The van der Waals surface area contributed by atoms with Gasteiger partial charge >= 0.3 is 0 Å². The van der Waals surface area contributed by atoms with Gasteiger partial charge in [0.1, 0.15) is 11.5 Å². The van der Waals surface area contributed by atoms with Crippen molar-refractivity contribution in [1.29, 1.82) is 0 Å². The summed E-state index contributed by atoms with van der Waals surface area (Å²) in [5.74, 6) is 1.34. The highest BCUT2D eigenvalue weighted by Crippen LogP contribution is 2.20. The fourth-order valence-corrected chi connectivity index (χ4v) is 3.23. The summed E-state index contributed by atoms with van der Waals surface area (Å²) in [6, 6.07) is 6.64. The van der Waals surface area contributed by atoms with Crippen molar-refractivity contribution in [2.45, 2.75) is 25.2 Å². The van der Waals surface area contributed by atoms with Crippen molar-refractivity contribution >= 4 is 10.0 Å². The van der Waals surface area contributed by atoms with Crippen LogP contribution >= 0.6 is 0 Å². The number of nitrogens with zero attached hydrogens (tertiary/aromatic N) is 1. The summed E-state index contributed by atoms with van der Waals surface area (Å²) >= 11 is 0. The molecule has 0 aliphatic heterocycles. The molecule has 1 aromatic carbocycles. The zero-order valence-corrected chi connectivity index (χ0v) is 13.0. The molecule has 0 aliphatic carbocycles. The smallest absolute Gasteiger partial charge is 0.240 e. The van der Waals surface area contributed by atoms with Crippen LogP contribution in [0.4, 0.5) is 0 Å². The Hall–Kier alpha value is -1.86. The van der Waals surface area contributed by atoms with Gasteiger partial charge in [0.15, 0.2) is 0 Å². The molecule has 0 spiro atoms. The van der Waals surface area contributed by atoms with Gasteiger partial charge in [-0.2, -0.15) is 0 Å². The van der Waals surface area contributed by atoms with Crippen molar-refractivity contribution in [3.05, 3.63) is 41.3 Å². The highest BCUT2D eigenvalue weighted by Gasteiger charge is 2.16. The molecule has 0 fully saturated rings. The number of hydrogen-bond donors (Lipinski definition) is 1. The Balaban J connectivity index is 2.04. The summed E-state index contributed by atoms with van der Waals surface area (Å²) < 4.78 is 37.1. The lowest BCUT2D eigenvalue weighted by molar-refractivity contribution is 0.390. The Morgan fingerprint density at radius 2 is 2.05 bits per heavy atom. The zero-order valence-electron chi connectivity index (χ0n) is 12.2. The van der Waals surface area contributed by atoms with Crippen LogP contribution in [0.5, 0.6) is 5.75 Å². The standard InChI is InChI=1S/C14H18N2O4S/c1-10-8-13(19-3)4-5-14(10)21(17,18)15-7-6-12-9-11(2)20-16-12/h4-5,8-9,15H,6-7H2,1-3H3. The van der Waals surface area contributed by atoms with E-state index in [1.807, 2.05) is 0 Å². The summed E-state index contributed by atoms with van der Waals surface area (Å²) in [6.45, 7) is 3.79. The molecular formula is C14H18N2O4S. The van der Waals surface area contributed by atoms with Crippen molar-refractivity contribution in [2.75, 3.05) is 13.7 Å². The topological polar surface area (TPSA) is 81.4 Å². The fraction of sp³-hybridized carbons (Fsp3) is 0.357. The molecule has 21 heavy (non-hydrogen) atoms. The molecule has 1 aromatic heterocycles. The van der Waals surface area contributed by atoms with Crippen LogP contribution in [0.3, 0.4) is 0 Å². The van der Waals surface area contributed by atoms with Gasteiger partial charge in [0, 0.05) is 19.0 Å². The molecule has 0 atom stereocenters. The second-order valence-corrected chi connectivity index (χ2v) is 6.44. The highest BCUT2D eigenvalue weighted by atomic mass is 32.2. The van der Waals surface area contributed by atoms with Gasteiger partial charge in [-0.3, -0.25) is 0 Å². The average Bonchev–Trinajstić information content (AvgIpc) is 2.83. The molecule has 1 heterocycles. The normalized spacial score (nSPS) is 11.6. The Kier molecular flexibility index (Phi) is 4.64. The molecular weight excluding hydrogens is 292 g/mol. The molecule has 2 rings (SSSR count). The van der Waals surface area contributed by atoms with Crippen molar-refractivity contribution in [3.8, 4) is 5.75 Å². The van der Waals surface area contributed by atoms with E-state index in [9.17, 15) is 8.42 Å². The van der Waals surface area contributed by atoms with E-state index in [1.165, 1.54) is 6.07 Å². The van der Waals surface area contributed by atoms with E-state index >= 15 is 0 Å². The van der Waals surface area contributed by atoms with Gasteiger partial charge in [0.05, 0.1) is 17.7 Å². The predicted molar refractivity (Wildman–Crippen MR) is 77.9 cm³/mol. The number of aromatic nitrogens is 1. The number of ether oxygens (including phenoxy) is 1. The molecule has 6 nitrogen and oxygen atoms in total. The van der Waals surface area contributed by atoms with Gasteiger partial charge < -0.3 is 9.26 Å². The minimum Gasteiger partial charge on any atom is -0.497 e. The maximum Gasteiger partial charge on any atom is 0.240 e. The summed E-state index contributed by atoms with van der Waals surface area (Å²) in [7, 11) is -2.00. The Morgan fingerprint density at radius 3 is 2.62 bits per heavy atom. The number of sulfonamides is 1. The lowest BCUT2D eigenvalue weighted by atomic mass is 10.2. The van der Waals surface area contributed by atoms with Crippen molar-refractivity contribution in [3.63, 3.8) is 0 Å². The van der Waals surface area contributed by atoms with Crippen LogP contribution in [0.25, 0.3) is 0 Å². The van der Waals surface area contributed by atoms with Crippen LogP contribution < -0.4 is 9.46 Å². The first-order chi connectivity index (χ1) is 9.92. The van der Waals surface area contributed by atoms with Gasteiger partial charge in [0.2, 0.25) is 10.0 Å². The van der Waals surface area contributed by atoms with Gasteiger partial charge in [-0.05, 0) is 37.6 Å². The number of hydrogen-bond acceptors (Lipinski definition) is 5. The molecule has 0 unspecified atom stereocenters. The fourth-order valence-electron chi connectivity index (χ4n) is 1.98. The minimum absolute atomic E-state index is 0.250. The number of benzene rings is 1. The van der Waals surface area contributed by atoms with E-state index in [0.717, 1.165) is 5.69 Å². The van der Waals surface area contributed by atoms with Gasteiger partial charge in [0.25, 0.3) is 0 Å². The third-order valence-electron chi connectivity index (χ3n) is 3.02. The van der Waals surface area contributed by atoms with Crippen LogP contribution in [-0.2, 0) is 16.4 Å². The second kappa shape index (κ2) is 6.28. The minimum atomic E-state index is -3.54. The number of aryl methyl sites for hydroxylation is 2. The molecule has 114 valence electrons. The van der Waals surface area contributed by atoms with E-state index in [1.54, 1.807) is 39.2 Å². The van der Waals surface area contributed by atoms with Crippen molar-refractivity contribution in [1.82, 2.24) is 9.88 Å². The van der Waals surface area contributed by atoms with Gasteiger partial charge in [-0.15, -0.1) is 0 Å². The van der Waals surface area contributed by atoms with Gasteiger partial charge in [-0.1, -0.05) is 5.16 Å². The monoisotopic (exact) mass is 310 g/mol. The van der Waals surface area contributed by atoms with E-state index in [-0.39, 0.29) is 11.4 Å². The maximum atomic E-state index is 12.3. The Bertz CT molecular complexity index is 722. The largest absolute Gasteiger partial charge is 0.497 e. The number of nitrogens with one attached hydrogen (secondary N) is 1. The number of rotatable bonds is 6. The third-order valence-corrected chi connectivity index (χ3v) is 4.64.